The van der Waals surface area contributed by atoms with Gasteiger partial charge in [0.25, 0.3) is 0 Å². The van der Waals surface area contributed by atoms with Gasteiger partial charge in [0.1, 0.15) is 0 Å². The predicted molar refractivity (Wildman–Crippen MR) is 78.9 cm³/mol. The number of aliphatic imine (C=N–C) groups is 1. The maximum absolute atomic E-state index is 12.9. The van der Waals surface area contributed by atoms with Gasteiger partial charge in [-0.25, -0.2) is 0 Å². The van der Waals surface area contributed by atoms with Crippen LogP contribution in [-0.4, -0.2) is 26.6 Å². The van der Waals surface area contributed by atoms with Crippen LogP contribution in [0.1, 0.15) is 18.4 Å². The fraction of sp³-hybridized carbons (Fsp3) is 0.250. The number of hydrogen-bond donors (Lipinski definition) is 0. The summed E-state index contributed by atoms with van der Waals surface area (Å²) in [5.41, 5.74) is 2.45. The van der Waals surface area contributed by atoms with Crippen molar-refractivity contribution >= 4 is 23.2 Å². The molecule has 1 aliphatic carbocycles. The van der Waals surface area contributed by atoms with E-state index in [1.165, 1.54) is 0 Å². The van der Waals surface area contributed by atoms with Crippen molar-refractivity contribution in [3.63, 3.8) is 0 Å². The molecule has 0 radical (unpaired) electrons. The summed E-state index contributed by atoms with van der Waals surface area (Å²) >= 11 is 5.76. The summed E-state index contributed by atoms with van der Waals surface area (Å²) in [5.74, 6) is 0.0805. The first-order chi connectivity index (χ1) is 10.2. The van der Waals surface area contributed by atoms with Crippen LogP contribution in [0, 0.1) is 0 Å². The topological polar surface area (TPSA) is 32.7 Å². The normalized spacial score (nSPS) is 24.9. The van der Waals surface area contributed by atoms with Gasteiger partial charge in [-0.05, 0) is 0 Å². The SMILES string of the molecule is O=C1C(c2ccc(Cl)cc2)=NC2=CC=C[I-]C2N1C1CC1. The number of alkyl halides is 1. The molecule has 0 bridgehead atoms. The predicted octanol–water partition coefficient (Wildman–Crippen LogP) is -0.0400. The summed E-state index contributed by atoms with van der Waals surface area (Å²) in [6.07, 6.45) is 6.36. The van der Waals surface area contributed by atoms with Gasteiger partial charge in [-0.3, -0.25) is 0 Å². The monoisotopic (exact) mass is 411 g/mol. The molecule has 4 rings (SSSR count). The molecule has 1 atom stereocenters. The Bertz CT molecular complexity index is 689. The molecule has 3 nitrogen and oxygen atoms in total. The van der Waals surface area contributed by atoms with Crippen LogP contribution in [0.25, 0.3) is 0 Å². The quantitative estimate of drug-likeness (QED) is 0.382. The summed E-state index contributed by atoms with van der Waals surface area (Å²) in [7, 11) is 0. The number of rotatable bonds is 2. The summed E-state index contributed by atoms with van der Waals surface area (Å²) in [6.45, 7) is 0. The summed E-state index contributed by atoms with van der Waals surface area (Å²) in [6, 6.07) is 7.78. The molecule has 0 saturated heterocycles. The van der Waals surface area contributed by atoms with Crippen LogP contribution in [0.2, 0.25) is 5.02 Å². The molecule has 5 heteroatoms. The third-order valence-electron chi connectivity index (χ3n) is 3.76. The van der Waals surface area contributed by atoms with Crippen molar-refractivity contribution < 1.29 is 26.0 Å². The third-order valence-corrected chi connectivity index (χ3v) is 6.76. The van der Waals surface area contributed by atoms with Gasteiger partial charge in [-0.2, -0.15) is 0 Å². The van der Waals surface area contributed by atoms with Crippen LogP contribution in [0.3, 0.4) is 0 Å². The zero-order valence-electron chi connectivity index (χ0n) is 11.2. The van der Waals surface area contributed by atoms with E-state index in [1.807, 2.05) is 30.3 Å². The Morgan fingerprint density at radius 2 is 2.00 bits per heavy atom. The zero-order chi connectivity index (χ0) is 14.4. The Morgan fingerprint density at radius 1 is 1.24 bits per heavy atom. The number of carbonyl (C=O) groups is 1. The van der Waals surface area contributed by atoms with Crippen LogP contribution in [0.4, 0.5) is 0 Å². The first-order valence-corrected chi connectivity index (χ1v) is 9.77. The van der Waals surface area contributed by atoms with Crippen molar-refractivity contribution in [1.29, 1.82) is 0 Å². The average molecular weight is 412 g/mol. The number of allylic oxidation sites excluding steroid dienone is 2. The first kappa shape index (κ1) is 13.5. The molecule has 0 spiro atoms. The Balaban J connectivity index is 1.79. The number of benzene rings is 1. The van der Waals surface area contributed by atoms with Gasteiger partial charge in [0.05, 0.1) is 0 Å². The van der Waals surface area contributed by atoms with E-state index >= 15 is 0 Å². The Hall–Kier alpha value is -1.14. The van der Waals surface area contributed by atoms with Crippen LogP contribution in [0.15, 0.2) is 51.2 Å². The van der Waals surface area contributed by atoms with E-state index in [4.69, 9.17) is 11.6 Å². The summed E-state index contributed by atoms with van der Waals surface area (Å²) < 4.78 is 2.45. The minimum absolute atomic E-state index is 0.0805. The van der Waals surface area contributed by atoms with Gasteiger partial charge in [0.15, 0.2) is 0 Å². The van der Waals surface area contributed by atoms with E-state index in [9.17, 15) is 4.79 Å². The molecule has 0 aromatic heterocycles. The number of halogens is 2. The molecule has 1 saturated carbocycles. The van der Waals surface area contributed by atoms with Gasteiger partial charge in [0.2, 0.25) is 0 Å². The molecule has 3 aliphatic rings. The molecule has 1 unspecified atom stereocenters. The fourth-order valence-corrected chi connectivity index (χ4v) is 5.32. The van der Waals surface area contributed by atoms with Crippen molar-refractivity contribution in [2.45, 2.75) is 22.9 Å². The van der Waals surface area contributed by atoms with Gasteiger partial charge in [0, 0.05) is 0 Å². The molecule has 1 fully saturated rings. The van der Waals surface area contributed by atoms with Crippen molar-refractivity contribution in [1.82, 2.24) is 4.90 Å². The number of hydrogen-bond acceptors (Lipinski definition) is 2. The fourth-order valence-electron chi connectivity index (χ4n) is 2.59. The van der Waals surface area contributed by atoms with Crippen LogP contribution >= 0.6 is 11.6 Å². The van der Waals surface area contributed by atoms with Gasteiger partial charge in [-0.15, -0.1) is 0 Å². The number of fused-ring (bicyclic) bond motifs is 1. The third kappa shape index (κ3) is 2.44. The molecule has 2 aliphatic heterocycles. The van der Waals surface area contributed by atoms with E-state index in [2.05, 4.69) is 20.1 Å². The second kappa shape index (κ2) is 5.25. The molecule has 108 valence electrons. The molecular weight excluding hydrogens is 399 g/mol. The Labute approximate surface area is 138 Å². The molecule has 1 amide bonds. The van der Waals surface area contributed by atoms with Crippen molar-refractivity contribution in [3.05, 3.63) is 56.8 Å². The maximum atomic E-state index is 12.9. The van der Waals surface area contributed by atoms with Crippen molar-refractivity contribution in [3.8, 4) is 0 Å². The molecule has 1 aromatic carbocycles. The van der Waals surface area contributed by atoms with E-state index < -0.39 is 0 Å². The Kier molecular flexibility index (Phi) is 3.38. The first-order valence-electron chi connectivity index (χ1n) is 6.90. The summed E-state index contributed by atoms with van der Waals surface area (Å²) in [4.78, 5) is 19.6. The molecule has 0 N–H and O–H groups in total. The van der Waals surface area contributed by atoms with Gasteiger partial charge in [-0.1, -0.05) is 0 Å². The minimum atomic E-state index is -0.174. The standard InChI is InChI=1S/C16H13ClIN2O/c17-11-5-3-10(4-6-11)14-16(21)20(12-7-8-12)15-13(19-14)2-1-9-18-15/h1-6,9,12,15H,7-8H2/q-1. The number of amides is 1. The van der Waals surface area contributed by atoms with E-state index in [1.54, 1.807) is 0 Å². The van der Waals surface area contributed by atoms with E-state index in [0.717, 1.165) is 24.1 Å². The average Bonchev–Trinajstić information content (AvgIpc) is 3.32. The van der Waals surface area contributed by atoms with Crippen LogP contribution in [0.5, 0.6) is 0 Å². The second-order valence-electron chi connectivity index (χ2n) is 5.28. The summed E-state index contributed by atoms with van der Waals surface area (Å²) in [5, 5.41) is 0.671. The second-order valence-corrected chi connectivity index (χ2v) is 8.34. The Morgan fingerprint density at radius 3 is 2.71 bits per heavy atom. The van der Waals surface area contributed by atoms with Crippen molar-refractivity contribution in [2.24, 2.45) is 4.99 Å². The van der Waals surface area contributed by atoms with Gasteiger partial charge >= 0.3 is 139 Å². The molecular formula is C16H13ClIN2O-. The van der Waals surface area contributed by atoms with Crippen molar-refractivity contribution in [2.75, 3.05) is 0 Å². The number of nitrogens with zero attached hydrogens (tertiary/aromatic N) is 2. The molecule has 1 aromatic rings. The van der Waals surface area contributed by atoms with Crippen LogP contribution < -0.4 is 21.2 Å². The van der Waals surface area contributed by atoms with Crippen LogP contribution in [-0.2, 0) is 4.79 Å². The van der Waals surface area contributed by atoms with Gasteiger partial charge < -0.3 is 0 Å². The van der Waals surface area contributed by atoms with E-state index in [0.29, 0.717) is 16.8 Å². The molecule has 2 heterocycles. The van der Waals surface area contributed by atoms with E-state index in [-0.39, 0.29) is 31.2 Å². The zero-order valence-corrected chi connectivity index (χ0v) is 14.1. The number of carbonyl (C=O) groups excluding carboxylic acids is 1. The molecule has 21 heavy (non-hydrogen) atoms.